The Labute approximate surface area is 121 Å². The van der Waals surface area contributed by atoms with E-state index in [4.69, 9.17) is 4.74 Å². The van der Waals surface area contributed by atoms with Gasteiger partial charge in [-0.05, 0) is 19.9 Å². The van der Waals surface area contributed by atoms with Gasteiger partial charge in [-0.1, -0.05) is 30.4 Å². The fraction of sp³-hybridized carbons (Fsp3) is 0.357. The lowest BCUT2D eigenvalue weighted by atomic mass is 9.97. The Hall–Kier alpha value is -1.95. The maximum Gasteiger partial charge on any atom is 0.261 e. The van der Waals surface area contributed by atoms with Crippen molar-refractivity contribution in [3.8, 4) is 5.75 Å². The molecular weight excluding hydrogens is 274 g/mol. The van der Waals surface area contributed by atoms with E-state index < -0.39 is 0 Å². The summed E-state index contributed by atoms with van der Waals surface area (Å²) >= 11 is 1.35. The zero-order valence-corrected chi connectivity index (χ0v) is 12.3. The number of nitrogens with zero attached hydrogens (tertiary/aromatic N) is 2. The predicted molar refractivity (Wildman–Crippen MR) is 77.5 cm³/mol. The molecule has 1 aromatic heterocycles. The van der Waals surface area contributed by atoms with E-state index in [-0.39, 0.29) is 12.0 Å². The summed E-state index contributed by atoms with van der Waals surface area (Å²) in [4.78, 5) is 12.3. The molecule has 0 spiro atoms. The van der Waals surface area contributed by atoms with Gasteiger partial charge in [0.05, 0.1) is 5.56 Å². The molecule has 20 heavy (non-hydrogen) atoms. The highest BCUT2D eigenvalue weighted by atomic mass is 32.1. The van der Waals surface area contributed by atoms with Crippen molar-refractivity contribution in [3.63, 3.8) is 0 Å². The summed E-state index contributed by atoms with van der Waals surface area (Å²) < 4.78 is 5.82. The molecule has 2 heterocycles. The second-order valence-corrected chi connectivity index (χ2v) is 6.10. The molecule has 104 valence electrons. The molecule has 6 heteroatoms. The van der Waals surface area contributed by atoms with Gasteiger partial charge in [0, 0.05) is 11.5 Å². The fourth-order valence-electron chi connectivity index (χ4n) is 2.28. The fourth-order valence-corrected chi connectivity index (χ4v) is 2.86. The molecular formula is C14H15N3O2S. The summed E-state index contributed by atoms with van der Waals surface area (Å²) in [5.41, 5.74) is 1.63. The maximum absolute atomic E-state index is 12.3. The summed E-state index contributed by atoms with van der Waals surface area (Å²) in [6.07, 6.45) is 0.0859. The highest BCUT2D eigenvalue weighted by Gasteiger charge is 2.31. The minimum absolute atomic E-state index is 0.0859. The van der Waals surface area contributed by atoms with Crippen LogP contribution in [0.1, 0.15) is 40.7 Å². The highest BCUT2D eigenvalue weighted by molar-refractivity contribution is 7.15. The molecule has 1 amide bonds. The number of para-hydroxylation sites is 1. The number of carbonyl (C=O) groups is 1. The van der Waals surface area contributed by atoms with E-state index in [1.807, 2.05) is 26.0 Å². The lowest BCUT2D eigenvalue weighted by Gasteiger charge is -2.08. The molecule has 0 fully saturated rings. The number of aromatic nitrogens is 2. The zero-order chi connectivity index (χ0) is 14.3. The monoisotopic (exact) mass is 289 g/mol. The van der Waals surface area contributed by atoms with Crippen molar-refractivity contribution < 1.29 is 9.53 Å². The Kier molecular flexibility index (Phi) is 3.17. The summed E-state index contributed by atoms with van der Waals surface area (Å²) in [6.45, 7) is 5.97. The van der Waals surface area contributed by atoms with Crippen LogP contribution in [0.2, 0.25) is 0 Å². The summed E-state index contributed by atoms with van der Waals surface area (Å²) in [7, 11) is 0. The second kappa shape index (κ2) is 4.86. The predicted octanol–water partition coefficient (Wildman–Crippen LogP) is 2.98. The number of anilines is 1. The molecule has 0 aliphatic carbocycles. The first kappa shape index (κ1) is 13.1. The van der Waals surface area contributed by atoms with Crippen molar-refractivity contribution in [2.45, 2.75) is 32.8 Å². The molecule has 0 saturated heterocycles. The number of hydrogen-bond acceptors (Lipinski definition) is 5. The van der Waals surface area contributed by atoms with Crippen LogP contribution in [0.5, 0.6) is 5.75 Å². The van der Waals surface area contributed by atoms with E-state index in [1.54, 1.807) is 6.07 Å². The third-order valence-electron chi connectivity index (χ3n) is 3.54. The number of carbonyl (C=O) groups excluding carboxylic acids is 1. The van der Waals surface area contributed by atoms with Gasteiger partial charge in [-0.15, -0.1) is 10.2 Å². The average molecular weight is 289 g/mol. The van der Waals surface area contributed by atoms with Gasteiger partial charge in [-0.3, -0.25) is 10.1 Å². The van der Waals surface area contributed by atoms with Gasteiger partial charge in [0.2, 0.25) is 5.13 Å². The number of hydrogen-bond donors (Lipinski definition) is 1. The third-order valence-corrected chi connectivity index (χ3v) is 4.29. The van der Waals surface area contributed by atoms with Gasteiger partial charge in [0.15, 0.2) is 0 Å². The van der Waals surface area contributed by atoms with Crippen LogP contribution >= 0.6 is 11.3 Å². The van der Waals surface area contributed by atoms with Crippen LogP contribution in [0.25, 0.3) is 0 Å². The van der Waals surface area contributed by atoms with Gasteiger partial charge in [-0.2, -0.15) is 0 Å². The van der Waals surface area contributed by atoms with Gasteiger partial charge in [0.1, 0.15) is 16.9 Å². The topological polar surface area (TPSA) is 64.1 Å². The number of nitrogens with one attached hydrogen (secondary N) is 1. The van der Waals surface area contributed by atoms with Crippen molar-refractivity contribution in [3.05, 3.63) is 34.3 Å². The summed E-state index contributed by atoms with van der Waals surface area (Å²) in [5.74, 6) is 0.770. The van der Waals surface area contributed by atoms with Crippen LogP contribution < -0.4 is 10.1 Å². The van der Waals surface area contributed by atoms with E-state index in [1.165, 1.54) is 11.3 Å². The molecule has 0 saturated carbocycles. The van der Waals surface area contributed by atoms with Crippen molar-refractivity contribution in [2.24, 2.45) is 0 Å². The summed E-state index contributed by atoms with van der Waals surface area (Å²) in [6, 6.07) is 5.67. The second-order valence-electron chi connectivity index (χ2n) is 4.92. The number of ether oxygens (including phenoxy) is 1. The largest absolute Gasteiger partial charge is 0.489 e. The lowest BCUT2D eigenvalue weighted by molar-refractivity contribution is 0.102. The SMILES string of the molecule is Cc1nnc(NC(=O)c2cccc3c2OC(C)C3C)s1. The van der Waals surface area contributed by atoms with Gasteiger partial charge < -0.3 is 4.74 Å². The van der Waals surface area contributed by atoms with E-state index >= 15 is 0 Å². The highest BCUT2D eigenvalue weighted by Crippen LogP contribution is 2.40. The van der Waals surface area contributed by atoms with E-state index in [0.717, 1.165) is 10.6 Å². The molecule has 1 N–H and O–H groups in total. The van der Waals surface area contributed by atoms with Crippen LogP contribution in [0.4, 0.5) is 5.13 Å². The normalized spacial score (nSPS) is 20.4. The Morgan fingerprint density at radius 2 is 2.15 bits per heavy atom. The van der Waals surface area contributed by atoms with Gasteiger partial charge >= 0.3 is 0 Å². The van der Waals surface area contributed by atoms with Crippen LogP contribution in [-0.4, -0.2) is 22.2 Å². The number of rotatable bonds is 2. The minimum atomic E-state index is -0.209. The zero-order valence-electron chi connectivity index (χ0n) is 11.5. The standard InChI is InChI=1S/C14H15N3O2S/c1-7-8(2)19-12-10(7)5-4-6-11(12)13(18)15-14-17-16-9(3)20-14/h4-8H,1-3H3,(H,15,17,18). The summed E-state index contributed by atoms with van der Waals surface area (Å²) in [5, 5.41) is 11.9. The molecule has 0 radical (unpaired) electrons. The lowest BCUT2D eigenvalue weighted by Crippen LogP contribution is -2.14. The third kappa shape index (κ3) is 2.16. The van der Waals surface area contributed by atoms with Crippen LogP contribution in [0.15, 0.2) is 18.2 Å². The molecule has 1 aromatic carbocycles. The molecule has 2 atom stereocenters. The molecule has 3 rings (SSSR count). The van der Waals surface area contributed by atoms with Crippen molar-refractivity contribution in [1.82, 2.24) is 10.2 Å². The maximum atomic E-state index is 12.3. The Morgan fingerprint density at radius 3 is 2.85 bits per heavy atom. The smallest absolute Gasteiger partial charge is 0.261 e. The number of benzene rings is 1. The first-order chi connectivity index (χ1) is 9.56. The quantitative estimate of drug-likeness (QED) is 0.923. The van der Waals surface area contributed by atoms with E-state index in [2.05, 4.69) is 22.4 Å². The Bertz CT molecular complexity index is 668. The van der Waals surface area contributed by atoms with Gasteiger partial charge in [0.25, 0.3) is 5.91 Å². The number of amides is 1. The molecule has 0 bridgehead atoms. The van der Waals surface area contributed by atoms with E-state index in [0.29, 0.717) is 22.4 Å². The first-order valence-corrected chi connectivity index (χ1v) is 7.29. The van der Waals surface area contributed by atoms with Crippen molar-refractivity contribution in [2.75, 3.05) is 5.32 Å². The molecule has 1 aliphatic rings. The number of aryl methyl sites for hydroxylation is 1. The number of fused-ring (bicyclic) bond motifs is 1. The minimum Gasteiger partial charge on any atom is -0.489 e. The van der Waals surface area contributed by atoms with Crippen molar-refractivity contribution >= 4 is 22.4 Å². The Balaban J connectivity index is 1.90. The average Bonchev–Trinajstić information content (AvgIpc) is 2.94. The van der Waals surface area contributed by atoms with Crippen LogP contribution in [0.3, 0.4) is 0 Å². The van der Waals surface area contributed by atoms with Crippen LogP contribution in [0, 0.1) is 6.92 Å². The molecule has 2 unspecified atom stereocenters. The Morgan fingerprint density at radius 1 is 1.35 bits per heavy atom. The van der Waals surface area contributed by atoms with Gasteiger partial charge in [-0.25, -0.2) is 0 Å². The molecule has 2 aromatic rings. The first-order valence-electron chi connectivity index (χ1n) is 6.47. The molecule has 5 nitrogen and oxygen atoms in total. The van der Waals surface area contributed by atoms with E-state index in [9.17, 15) is 4.79 Å². The van der Waals surface area contributed by atoms with Crippen LogP contribution in [-0.2, 0) is 0 Å². The van der Waals surface area contributed by atoms with Crippen molar-refractivity contribution in [1.29, 1.82) is 0 Å². The molecule has 1 aliphatic heterocycles.